The summed E-state index contributed by atoms with van der Waals surface area (Å²) in [5.74, 6) is -0.0157. The number of hydrogen-bond acceptors (Lipinski definition) is 4. The van der Waals surface area contributed by atoms with Crippen LogP contribution in [0.25, 0.3) is 0 Å². The number of ether oxygens (including phenoxy) is 1. The first kappa shape index (κ1) is 17.0. The summed E-state index contributed by atoms with van der Waals surface area (Å²) in [6.45, 7) is 3.01. The molecule has 1 aromatic heterocycles. The average Bonchev–Trinajstić information content (AvgIpc) is 2.58. The van der Waals surface area contributed by atoms with Crippen molar-refractivity contribution in [3.8, 4) is 5.75 Å². The Hall–Kier alpha value is -2.40. The zero-order valence-electron chi connectivity index (χ0n) is 13.2. The van der Waals surface area contributed by atoms with Crippen LogP contribution in [0.15, 0.2) is 48.8 Å². The zero-order valence-corrected chi connectivity index (χ0v) is 13.2. The third-order valence-corrected chi connectivity index (χ3v) is 3.51. The van der Waals surface area contributed by atoms with Crippen LogP contribution in [-0.4, -0.2) is 22.1 Å². The van der Waals surface area contributed by atoms with Crippen LogP contribution in [0.4, 0.5) is 0 Å². The van der Waals surface area contributed by atoms with Crippen molar-refractivity contribution < 1.29 is 14.6 Å². The van der Waals surface area contributed by atoms with Crippen molar-refractivity contribution in [3.05, 3.63) is 59.9 Å². The van der Waals surface area contributed by atoms with Crippen LogP contribution in [0.1, 0.15) is 30.9 Å². The monoisotopic (exact) mass is 314 g/mol. The average molecular weight is 314 g/mol. The Morgan fingerprint density at radius 1 is 1.17 bits per heavy atom. The van der Waals surface area contributed by atoms with E-state index in [4.69, 9.17) is 9.84 Å². The molecule has 2 N–H and O–H groups in total. The van der Waals surface area contributed by atoms with Gasteiger partial charge in [0.1, 0.15) is 18.4 Å². The van der Waals surface area contributed by atoms with Gasteiger partial charge in [0.2, 0.25) is 0 Å². The largest absolute Gasteiger partial charge is 0.489 e. The van der Waals surface area contributed by atoms with Crippen molar-refractivity contribution in [1.29, 1.82) is 0 Å². The Balaban J connectivity index is 1.83. The van der Waals surface area contributed by atoms with Gasteiger partial charge < -0.3 is 15.2 Å². The standard InChI is InChI=1S/C18H22N2O3/c1-2-3-17(18(21)22)20-12-14-4-6-16(7-5-14)23-13-15-8-10-19-11-9-15/h4-11,17,20H,2-3,12-13H2,1H3,(H,21,22). The van der Waals surface area contributed by atoms with Gasteiger partial charge in [0.05, 0.1) is 0 Å². The third-order valence-electron chi connectivity index (χ3n) is 3.51. The first-order valence-electron chi connectivity index (χ1n) is 7.76. The van der Waals surface area contributed by atoms with E-state index in [0.717, 1.165) is 23.3 Å². The molecule has 0 aliphatic heterocycles. The quantitative estimate of drug-likeness (QED) is 0.744. The molecule has 23 heavy (non-hydrogen) atoms. The molecule has 2 rings (SSSR count). The van der Waals surface area contributed by atoms with E-state index in [2.05, 4.69) is 10.3 Å². The van der Waals surface area contributed by atoms with Gasteiger partial charge in [-0.2, -0.15) is 0 Å². The summed E-state index contributed by atoms with van der Waals surface area (Å²) in [7, 11) is 0. The van der Waals surface area contributed by atoms with Gasteiger partial charge in [-0.05, 0) is 41.8 Å². The number of hydrogen-bond donors (Lipinski definition) is 2. The summed E-state index contributed by atoms with van der Waals surface area (Å²) in [5, 5.41) is 12.2. The van der Waals surface area contributed by atoms with E-state index in [0.29, 0.717) is 19.6 Å². The number of carbonyl (C=O) groups is 1. The fraction of sp³-hybridized carbons (Fsp3) is 0.333. The Kier molecular flexibility index (Phi) is 6.56. The smallest absolute Gasteiger partial charge is 0.320 e. The summed E-state index contributed by atoms with van der Waals surface area (Å²) >= 11 is 0. The van der Waals surface area contributed by atoms with E-state index >= 15 is 0 Å². The second-order valence-corrected chi connectivity index (χ2v) is 5.35. The number of carboxylic acid groups (broad SMARTS) is 1. The molecule has 0 aliphatic carbocycles. The molecule has 5 heteroatoms. The normalized spacial score (nSPS) is 11.9. The minimum Gasteiger partial charge on any atom is -0.489 e. The van der Waals surface area contributed by atoms with Gasteiger partial charge in [0.15, 0.2) is 0 Å². The molecule has 122 valence electrons. The summed E-state index contributed by atoms with van der Waals surface area (Å²) in [6.07, 6.45) is 4.94. The van der Waals surface area contributed by atoms with E-state index in [9.17, 15) is 4.79 Å². The Bertz CT molecular complexity index is 599. The maximum atomic E-state index is 11.1. The Morgan fingerprint density at radius 3 is 2.48 bits per heavy atom. The number of aliphatic carboxylic acids is 1. The predicted molar refractivity (Wildman–Crippen MR) is 88.2 cm³/mol. The fourth-order valence-corrected chi connectivity index (χ4v) is 2.19. The fourth-order valence-electron chi connectivity index (χ4n) is 2.19. The molecule has 1 aromatic carbocycles. The highest BCUT2D eigenvalue weighted by Crippen LogP contribution is 2.14. The highest BCUT2D eigenvalue weighted by atomic mass is 16.5. The molecule has 0 amide bonds. The number of carboxylic acids is 1. The number of rotatable bonds is 9. The topological polar surface area (TPSA) is 71.5 Å². The van der Waals surface area contributed by atoms with Crippen LogP contribution in [0.5, 0.6) is 5.75 Å². The predicted octanol–water partition coefficient (Wildman–Crippen LogP) is 3.00. The highest BCUT2D eigenvalue weighted by Gasteiger charge is 2.14. The van der Waals surface area contributed by atoms with Crippen LogP contribution in [0.2, 0.25) is 0 Å². The number of nitrogens with zero attached hydrogens (tertiary/aromatic N) is 1. The van der Waals surface area contributed by atoms with Crippen molar-refractivity contribution in [2.75, 3.05) is 0 Å². The molecule has 1 unspecified atom stereocenters. The first-order valence-corrected chi connectivity index (χ1v) is 7.76. The molecule has 5 nitrogen and oxygen atoms in total. The van der Waals surface area contributed by atoms with Crippen molar-refractivity contribution >= 4 is 5.97 Å². The second kappa shape index (κ2) is 8.90. The zero-order chi connectivity index (χ0) is 16.5. The van der Waals surface area contributed by atoms with E-state index in [1.54, 1.807) is 12.4 Å². The molecule has 1 heterocycles. The van der Waals surface area contributed by atoms with Gasteiger partial charge in [-0.3, -0.25) is 9.78 Å². The molecule has 0 saturated heterocycles. The van der Waals surface area contributed by atoms with Crippen LogP contribution >= 0.6 is 0 Å². The number of pyridine rings is 1. The van der Waals surface area contributed by atoms with E-state index in [1.807, 2.05) is 43.3 Å². The minimum atomic E-state index is -0.802. The van der Waals surface area contributed by atoms with Crippen LogP contribution in [0, 0.1) is 0 Å². The lowest BCUT2D eigenvalue weighted by Crippen LogP contribution is -2.35. The van der Waals surface area contributed by atoms with Crippen LogP contribution < -0.4 is 10.1 Å². The lowest BCUT2D eigenvalue weighted by molar-refractivity contribution is -0.139. The molecule has 0 fully saturated rings. The first-order chi connectivity index (χ1) is 11.2. The Morgan fingerprint density at radius 2 is 1.87 bits per heavy atom. The number of benzene rings is 1. The van der Waals surface area contributed by atoms with Gasteiger partial charge in [-0.25, -0.2) is 0 Å². The summed E-state index contributed by atoms with van der Waals surface area (Å²) < 4.78 is 5.71. The van der Waals surface area contributed by atoms with Gasteiger partial charge in [-0.15, -0.1) is 0 Å². The van der Waals surface area contributed by atoms with E-state index < -0.39 is 12.0 Å². The van der Waals surface area contributed by atoms with Crippen molar-refractivity contribution in [2.45, 2.75) is 39.0 Å². The van der Waals surface area contributed by atoms with E-state index in [-0.39, 0.29) is 0 Å². The molecule has 0 saturated carbocycles. The maximum Gasteiger partial charge on any atom is 0.320 e. The lowest BCUT2D eigenvalue weighted by atomic mass is 10.1. The maximum absolute atomic E-state index is 11.1. The van der Waals surface area contributed by atoms with Crippen molar-refractivity contribution in [1.82, 2.24) is 10.3 Å². The number of nitrogens with one attached hydrogen (secondary N) is 1. The molecular formula is C18H22N2O3. The summed E-state index contributed by atoms with van der Waals surface area (Å²) in [6, 6.07) is 11.0. The summed E-state index contributed by atoms with van der Waals surface area (Å²) in [5.41, 5.74) is 2.10. The SMILES string of the molecule is CCCC(NCc1ccc(OCc2ccncc2)cc1)C(=O)O. The Labute approximate surface area is 136 Å². The molecule has 0 bridgehead atoms. The van der Waals surface area contributed by atoms with Gasteiger partial charge in [0, 0.05) is 18.9 Å². The molecule has 0 spiro atoms. The second-order valence-electron chi connectivity index (χ2n) is 5.35. The minimum absolute atomic E-state index is 0.498. The molecular weight excluding hydrogens is 292 g/mol. The molecule has 0 aliphatic rings. The highest BCUT2D eigenvalue weighted by molar-refractivity contribution is 5.73. The molecule has 0 radical (unpaired) electrons. The van der Waals surface area contributed by atoms with Crippen LogP contribution in [-0.2, 0) is 17.9 Å². The third kappa shape index (κ3) is 5.71. The molecule has 1 atom stereocenters. The van der Waals surface area contributed by atoms with Gasteiger partial charge in [0.25, 0.3) is 0 Å². The van der Waals surface area contributed by atoms with E-state index in [1.165, 1.54) is 0 Å². The van der Waals surface area contributed by atoms with Gasteiger partial charge >= 0.3 is 5.97 Å². The van der Waals surface area contributed by atoms with Crippen molar-refractivity contribution in [3.63, 3.8) is 0 Å². The van der Waals surface area contributed by atoms with Crippen LogP contribution in [0.3, 0.4) is 0 Å². The summed E-state index contributed by atoms with van der Waals surface area (Å²) in [4.78, 5) is 15.1. The molecule has 2 aromatic rings. The number of aromatic nitrogens is 1. The lowest BCUT2D eigenvalue weighted by Gasteiger charge is -2.13. The van der Waals surface area contributed by atoms with Crippen molar-refractivity contribution in [2.24, 2.45) is 0 Å². The van der Waals surface area contributed by atoms with Gasteiger partial charge in [-0.1, -0.05) is 25.5 Å².